The third kappa shape index (κ3) is 4.51. The maximum Gasteiger partial charge on any atom is 0.243 e. The molecule has 1 atom stereocenters. The van der Waals surface area contributed by atoms with Crippen LogP contribution in [0.1, 0.15) is 24.0 Å². The van der Waals surface area contributed by atoms with Gasteiger partial charge in [-0.2, -0.15) is 4.31 Å². The Morgan fingerprint density at radius 1 is 1.19 bits per heavy atom. The fourth-order valence-corrected chi connectivity index (χ4v) is 5.33. The number of piperidine rings is 1. The lowest BCUT2D eigenvalue weighted by Gasteiger charge is -2.31. The number of hydrogen-bond acceptors (Lipinski definition) is 3. The second-order valence-corrected chi connectivity index (χ2v) is 9.31. The molecule has 2 aromatic carbocycles. The van der Waals surface area contributed by atoms with E-state index in [9.17, 15) is 13.2 Å². The molecule has 1 aliphatic heterocycles. The van der Waals surface area contributed by atoms with Crippen molar-refractivity contribution in [3.05, 3.63) is 58.6 Å². The van der Waals surface area contributed by atoms with Gasteiger partial charge in [-0.15, -0.1) is 0 Å². The van der Waals surface area contributed by atoms with Gasteiger partial charge in [-0.1, -0.05) is 29.8 Å². The number of halogens is 1. The number of sulfonamides is 1. The molecular weight excluding hydrogens is 384 g/mol. The van der Waals surface area contributed by atoms with Gasteiger partial charge in [-0.05, 0) is 62.1 Å². The second kappa shape index (κ2) is 8.00. The molecule has 0 aliphatic carbocycles. The van der Waals surface area contributed by atoms with Crippen LogP contribution in [0.15, 0.2) is 47.4 Å². The van der Waals surface area contributed by atoms with Gasteiger partial charge in [0.05, 0.1) is 10.8 Å². The summed E-state index contributed by atoms with van der Waals surface area (Å²) in [6.45, 7) is 4.27. The molecule has 7 heteroatoms. The highest BCUT2D eigenvalue weighted by atomic mass is 35.5. The molecule has 1 heterocycles. The van der Waals surface area contributed by atoms with Crippen molar-refractivity contribution in [2.45, 2.75) is 31.6 Å². The fraction of sp³-hybridized carbons (Fsp3) is 0.350. The highest BCUT2D eigenvalue weighted by Gasteiger charge is 2.34. The van der Waals surface area contributed by atoms with E-state index in [2.05, 4.69) is 5.32 Å². The first-order chi connectivity index (χ1) is 12.8. The second-order valence-electron chi connectivity index (χ2n) is 6.97. The lowest BCUT2D eigenvalue weighted by molar-refractivity contribution is -0.120. The van der Waals surface area contributed by atoms with Crippen molar-refractivity contribution in [1.29, 1.82) is 0 Å². The number of amides is 1. The molecule has 144 valence electrons. The Kier molecular flexibility index (Phi) is 5.89. The van der Waals surface area contributed by atoms with E-state index in [-0.39, 0.29) is 12.5 Å². The first-order valence-electron chi connectivity index (χ1n) is 8.91. The van der Waals surface area contributed by atoms with E-state index in [1.54, 1.807) is 37.3 Å². The minimum atomic E-state index is -3.63. The fourth-order valence-electron chi connectivity index (χ4n) is 3.31. The van der Waals surface area contributed by atoms with Crippen molar-refractivity contribution in [2.24, 2.45) is 5.92 Å². The number of aryl methyl sites for hydroxylation is 2. The molecule has 5 nitrogen and oxygen atoms in total. The summed E-state index contributed by atoms with van der Waals surface area (Å²) in [4.78, 5) is 13.0. The molecule has 2 aromatic rings. The zero-order chi connectivity index (χ0) is 19.6. The number of carbonyl (C=O) groups excluding carboxylic acids is 1. The molecule has 0 spiro atoms. The van der Waals surface area contributed by atoms with Crippen LogP contribution >= 0.6 is 11.6 Å². The van der Waals surface area contributed by atoms with Gasteiger partial charge in [0.15, 0.2) is 0 Å². The average molecular weight is 407 g/mol. The maximum absolute atomic E-state index is 13.1. The van der Waals surface area contributed by atoms with Crippen LogP contribution in [0.2, 0.25) is 5.02 Å². The number of hydrogen-bond donors (Lipinski definition) is 1. The summed E-state index contributed by atoms with van der Waals surface area (Å²) in [5.74, 6) is -0.573. The third-order valence-corrected chi connectivity index (χ3v) is 7.05. The molecule has 0 radical (unpaired) electrons. The molecule has 1 N–H and O–H groups in total. The van der Waals surface area contributed by atoms with E-state index >= 15 is 0 Å². The predicted octanol–water partition coefficient (Wildman–Crippen LogP) is 4.00. The number of rotatable bonds is 4. The molecule has 1 unspecified atom stereocenters. The highest BCUT2D eigenvalue weighted by Crippen LogP contribution is 2.27. The first-order valence-corrected chi connectivity index (χ1v) is 10.7. The summed E-state index contributed by atoms with van der Waals surface area (Å²) in [6.07, 6.45) is 1.31. The molecule has 27 heavy (non-hydrogen) atoms. The largest absolute Gasteiger partial charge is 0.326 e. The van der Waals surface area contributed by atoms with Gasteiger partial charge in [0.1, 0.15) is 0 Å². The molecule has 0 saturated carbocycles. The first kappa shape index (κ1) is 19.9. The van der Waals surface area contributed by atoms with Crippen molar-refractivity contribution in [2.75, 3.05) is 18.4 Å². The smallest absolute Gasteiger partial charge is 0.243 e. The molecule has 0 aromatic heterocycles. The lowest BCUT2D eigenvalue weighted by atomic mass is 9.99. The zero-order valence-electron chi connectivity index (χ0n) is 15.4. The van der Waals surface area contributed by atoms with Gasteiger partial charge in [0.2, 0.25) is 15.9 Å². The van der Waals surface area contributed by atoms with E-state index in [1.807, 2.05) is 19.1 Å². The SMILES string of the molecule is Cc1ccc(C)c(S(=O)(=O)N2CCCC(C(=O)Nc3cccc(Cl)c3)C2)c1. The lowest BCUT2D eigenvalue weighted by Crippen LogP contribution is -2.43. The third-order valence-electron chi connectivity index (χ3n) is 4.81. The van der Waals surface area contributed by atoms with Crippen LogP contribution in [0.4, 0.5) is 5.69 Å². The Hall–Kier alpha value is -1.89. The molecule has 1 aliphatic rings. The van der Waals surface area contributed by atoms with Crippen LogP contribution in [-0.4, -0.2) is 31.7 Å². The van der Waals surface area contributed by atoms with E-state index in [1.165, 1.54) is 4.31 Å². The van der Waals surface area contributed by atoms with Crippen molar-refractivity contribution >= 4 is 33.2 Å². The van der Waals surface area contributed by atoms with Gasteiger partial charge in [-0.3, -0.25) is 4.79 Å². The van der Waals surface area contributed by atoms with Crippen molar-refractivity contribution < 1.29 is 13.2 Å². The number of carbonyl (C=O) groups is 1. The number of benzene rings is 2. The highest BCUT2D eigenvalue weighted by molar-refractivity contribution is 7.89. The Labute approximate surface area is 165 Å². The van der Waals surface area contributed by atoms with Crippen LogP contribution in [0.25, 0.3) is 0 Å². The average Bonchev–Trinajstić information content (AvgIpc) is 2.63. The molecule has 1 saturated heterocycles. The summed E-state index contributed by atoms with van der Waals surface area (Å²) in [7, 11) is -3.63. The Morgan fingerprint density at radius 3 is 2.70 bits per heavy atom. The monoisotopic (exact) mass is 406 g/mol. The summed E-state index contributed by atoms with van der Waals surface area (Å²) >= 11 is 5.95. The zero-order valence-corrected chi connectivity index (χ0v) is 17.0. The van der Waals surface area contributed by atoms with Crippen molar-refractivity contribution in [3.8, 4) is 0 Å². The van der Waals surface area contributed by atoms with Gasteiger partial charge in [0.25, 0.3) is 0 Å². The summed E-state index contributed by atoms with van der Waals surface area (Å²) in [5, 5.41) is 3.38. The molecule has 1 fully saturated rings. The van der Waals surface area contributed by atoms with E-state index in [0.717, 1.165) is 5.56 Å². The topological polar surface area (TPSA) is 66.5 Å². The van der Waals surface area contributed by atoms with Crippen LogP contribution in [0.5, 0.6) is 0 Å². The quantitative estimate of drug-likeness (QED) is 0.834. The standard InChI is InChI=1S/C20H23ClN2O3S/c1-14-8-9-15(2)19(11-14)27(25,26)23-10-4-5-16(13-23)20(24)22-18-7-3-6-17(21)12-18/h3,6-9,11-12,16H,4-5,10,13H2,1-2H3,(H,22,24). The molecule has 3 rings (SSSR count). The van der Waals surface area contributed by atoms with Crippen LogP contribution < -0.4 is 5.32 Å². The molecule has 1 amide bonds. The van der Waals surface area contributed by atoms with Gasteiger partial charge < -0.3 is 5.32 Å². The van der Waals surface area contributed by atoms with Crippen LogP contribution in [-0.2, 0) is 14.8 Å². The summed E-state index contributed by atoms with van der Waals surface area (Å²) < 4.78 is 27.6. The summed E-state index contributed by atoms with van der Waals surface area (Å²) in [5.41, 5.74) is 2.22. The van der Waals surface area contributed by atoms with E-state index in [4.69, 9.17) is 11.6 Å². The maximum atomic E-state index is 13.1. The predicted molar refractivity (Wildman–Crippen MR) is 107 cm³/mol. The molecular formula is C20H23ClN2O3S. The van der Waals surface area contributed by atoms with Crippen molar-refractivity contribution in [1.82, 2.24) is 4.31 Å². The van der Waals surface area contributed by atoms with E-state index < -0.39 is 15.9 Å². The number of anilines is 1. The van der Waals surface area contributed by atoms with Gasteiger partial charge >= 0.3 is 0 Å². The van der Waals surface area contributed by atoms with Gasteiger partial charge in [0, 0.05) is 23.8 Å². The van der Waals surface area contributed by atoms with Crippen LogP contribution in [0, 0.1) is 19.8 Å². The number of nitrogens with zero attached hydrogens (tertiary/aromatic N) is 1. The Balaban J connectivity index is 1.77. The van der Waals surface area contributed by atoms with Gasteiger partial charge in [-0.25, -0.2) is 8.42 Å². The van der Waals surface area contributed by atoms with Crippen molar-refractivity contribution in [3.63, 3.8) is 0 Å². The van der Waals surface area contributed by atoms with Crippen LogP contribution in [0.3, 0.4) is 0 Å². The normalized spacial score (nSPS) is 18.3. The Morgan fingerprint density at radius 2 is 1.96 bits per heavy atom. The minimum Gasteiger partial charge on any atom is -0.326 e. The number of nitrogens with one attached hydrogen (secondary N) is 1. The van der Waals surface area contributed by atoms with E-state index in [0.29, 0.717) is 40.6 Å². The molecule has 0 bridgehead atoms. The summed E-state index contributed by atoms with van der Waals surface area (Å²) in [6, 6.07) is 12.3. The minimum absolute atomic E-state index is 0.182. The Bertz CT molecular complexity index is 959.